The molecule has 0 atom stereocenters. The second kappa shape index (κ2) is 6.26. The molecular formula is C16H9ClF3N3. The summed E-state index contributed by atoms with van der Waals surface area (Å²) in [5, 5.41) is 2.57. The third-order valence-corrected chi connectivity index (χ3v) is 3.18. The number of halogens is 4. The Hall–Kier alpha value is -2.60. The molecule has 0 saturated carbocycles. The van der Waals surface area contributed by atoms with Gasteiger partial charge in [-0.25, -0.2) is 23.1 Å². The first-order valence-corrected chi connectivity index (χ1v) is 6.92. The van der Waals surface area contributed by atoms with Gasteiger partial charge in [0.2, 0.25) is 0 Å². The minimum Gasteiger partial charge on any atom is -0.335 e. The molecule has 1 heterocycles. The van der Waals surface area contributed by atoms with Crippen molar-refractivity contribution in [1.29, 1.82) is 0 Å². The molecule has 1 aromatic heterocycles. The number of rotatable bonds is 3. The highest BCUT2D eigenvalue weighted by atomic mass is 35.5. The predicted octanol–water partition coefficient (Wildman–Crippen LogP) is 4.96. The topological polar surface area (TPSA) is 37.8 Å². The molecule has 0 fully saturated rings. The van der Waals surface area contributed by atoms with Crippen LogP contribution in [-0.4, -0.2) is 9.97 Å². The van der Waals surface area contributed by atoms with E-state index in [1.165, 1.54) is 6.07 Å². The first kappa shape index (κ1) is 15.3. The van der Waals surface area contributed by atoms with Gasteiger partial charge in [-0.2, -0.15) is 0 Å². The van der Waals surface area contributed by atoms with Crippen molar-refractivity contribution in [2.24, 2.45) is 0 Å². The molecule has 7 heteroatoms. The molecule has 1 N–H and O–H groups in total. The molecule has 0 aliphatic rings. The maximum atomic E-state index is 13.7. The summed E-state index contributed by atoms with van der Waals surface area (Å²) in [5.41, 5.74) is 0.179. The van der Waals surface area contributed by atoms with Gasteiger partial charge in [-0.05, 0) is 0 Å². The summed E-state index contributed by atoms with van der Waals surface area (Å²) in [6.45, 7) is 0. The molecule has 3 rings (SSSR count). The van der Waals surface area contributed by atoms with Crippen molar-refractivity contribution >= 4 is 23.1 Å². The van der Waals surface area contributed by atoms with Gasteiger partial charge >= 0.3 is 0 Å². The van der Waals surface area contributed by atoms with E-state index in [-0.39, 0.29) is 11.0 Å². The highest BCUT2D eigenvalue weighted by Crippen LogP contribution is 2.26. The number of hydrogen-bond donors (Lipinski definition) is 1. The molecule has 0 saturated heterocycles. The van der Waals surface area contributed by atoms with Gasteiger partial charge in [-0.1, -0.05) is 41.9 Å². The van der Waals surface area contributed by atoms with Crippen LogP contribution in [0.15, 0.2) is 48.5 Å². The average Bonchev–Trinajstić information content (AvgIpc) is 2.51. The summed E-state index contributed by atoms with van der Waals surface area (Å²) in [6.07, 6.45) is 0. The molecular weight excluding hydrogens is 327 g/mol. The van der Waals surface area contributed by atoms with Crippen molar-refractivity contribution in [2.45, 2.75) is 0 Å². The van der Waals surface area contributed by atoms with E-state index < -0.39 is 23.1 Å². The van der Waals surface area contributed by atoms with E-state index >= 15 is 0 Å². The minimum absolute atomic E-state index is 0.0910. The van der Waals surface area contributed by atoms with Crippen molar-refractivity contribution in [2.75, 3.05) is 5.32 Å². The quantitative estimate of drug-likeness (QED) is 0.688. The first-order chi connectivity index (χ1) is 11.0. The van der Waals surface area contributed by atoms with Crippen molar-refractivity contribution < 1.29 is 13.2 Å². The molecule has 0 spiro atoms. The highest BCUT2D eigenvalue weighted by Gasteiger charge is 2.13. The molecule has 0 aliphatic heterocycles. The van der Waals surface area contributed by atoms with Crippen LogP contribution in [0.4, 0.5) is 24.7 Å². The molecule has 23 heavy (non-hydrogen) atoms. The maximum absolute atomic E-state index is 13.7. The molecule has 3 aromatic rings. The maximum Gasteiger partial charge on any atom is 0.163 e. The van der Waals surface area contributed by atoms with Gasteiger partial charge in [-0.15, -0.1) is 0 Å². The Morgan fingerprint density at radius 2 is 1.52 bits per heavy atom. The standard InChI is InChI=1S/C16H9ClF3N3/c17-13-8-14(22-15-11(19)6-10(18)7-12(15)20)23-16(21-13)9-4-2-1-3-5-9/h1-8H,(H,21,22,23). The number of nitrogens with zero attached hydrogens (tertiary/aromatic N) is 2. The summed E-state index contributed by atoms with van der Waals surface area (Å²) < 4.78 is 40.3. The lowest BCUT2D eigenvalue weighted by atomic mass is 10.2. The number of anilines is 2. The van der Waals surface area contributed by atoms with Crippen LogP contribution in [0.2, 0.25) is 5.15 Å². The second-order valence-electron chi connectivity index (χ2n) is 4.63. The third-order valence-electron chi connectivity index (χ3n) is 2.99. The Morgan fingerprint density at radius 3 is 2.17 bits per heavy atom. The molecule has 0 unspecified atom stereocenters. The van der Waals surface area contributed by atoms with Crippen LogP contribution in [-0.2, 0) is 0 Å². The predicted molar refractivity (Wildman–Crippen MR) is 82.1 cm³/mol. The lowest BCUT2D eigenvalue weighted by Crippen LogP contribution is -2.02. The summed E-state index contributed by atoms with van der Waals surface area (Å²) in [4.78, 5) is 8.24. The Balaban J connectivity index is 2.00. The minimum atomic E-state index is -1.07. The van der Waals surface area contributed by atoms with Gasteiger partial charge < -0.3 is 5.32 Å². The summed E-state index contributed by atoms with van der Waals surface area (Å²) in [6, 6.07) is 11.4. The lowest BCUT2D eigenvalue weighted by Gasteiger charge is -2.10. The normalized spacial score (nSPS) is 10.6. The zero-order chi connectivity index (χ0) is 16.4. The SMILES string of the molecule is Fc1cc(F)c(Nc2cc(Cl)nc(-c3ccccc3)n2)c(F)c1. The molecule has 116 valence electrons. The summed E-state index contributed by atoms with van der Waals surface area (Å²) in [7, 11) is 0. The smallest absolute Gasteiger partial charge is 0.163 e. The Morgan fingerprint density at radius 1 is 0.870 bits per heavy atom. The van der Waals surface area contributed by atoms with E-state index in [1.807, 2.05) is 6.07 Å². The lowest BCUT2D eigenvalue weighted by molar-refractivity contribution is 0.549. The first-order valence-electron chi connectivity index (χ1n) is 6.54. The van der Waals surface area contributed by atoms with Crippen molar-refractivity contribution in [1.82, 2.24) is 9.97 Å². The van der Waals surface area contributed by atoms with Crippen LogP contribution >= 0.6 is 11.6 Å². The van der Waals surface area contributed by atoms with E-state index in [1.54, 1.807) is 24.3 Å². The summed E-state index contributed by atoms with van der Waals surface area (Å²) >= 11 is 5.93. The van der Waals surface area contributed by atoms with Crippen LogP contribution in [0.1, 0.15) is 0 Å². The van der Waals surface area contributed by atoms with Crippen LogP contribution in [0.25, 0.3) is 11.4 Å². The number of hydrogen-bond acceptors (Lipinski definition) is 3. The van der Waals surface area contributed by atoms with E-state index in [2.05, 4.69) is 15.3 Å². The molecule has 0 bridgehead atoms. The highest BCUT2D eigenvalue weighted by molar-refractivity contribution is 6.29. The van der Waals surface area contributed by atoms with Gasteiger partial charge in [0.05, 0.1) is 0 Å². The van der Waals surface area contributed by atoms with Crippen LogP contribution < -0.4 is 5.32 Å². The monoisotopic (exact) mass is 335 g/mol. The fraction of sp³-hybridized carbons (Fsp3) is 0. The van der Waals surface area contributed by atoms with Gasteiger partial charge in [0.15, 0.2) is 17.5 Å². The second-order valence-corrected chi connectivity index (χ2v) is 5.02. The van der Waals surface area contributed by atoms with Crippen LogP contribution in [0.3, 0.4) is 0 Å². The summed E-state index contributed by atoms with van der Waals surface area (Å²) in [5.74, 6) is -2.76. The largest absolute Gasteiger partial charge is 0.335 e. The molecule has 0 radical (unpaired) electrons. The third kappa shape index (κ3) is 3.43. The Kier molecular flexibility index (Phi) is 4.16. The van der Waals surface area contributed by atoms with E-state index in [0.29, 0.717) is 23.5 Å². The number of benzene rings is 2. The van der Waals surface area contributed by atoms with Gasteiger partial charge in [-0.3, -0.25) is 0 Å². The Bertz CT molecular complexity index is 833. The Labute approximate surface area is 134 Å². The molecule has 3 nitrogen and oxygen atoms in total. The number of nitrogens with one attached hydrogen (secondary N) is 1. The van der Waals surface area contributed by atoms with Crippen molar-refractivity contribution in [3.05, 3.63) is 71.1 Å². The average molecular weight is 336 g/mol. The fourth-order valence-corrected chi connectivity index (χ4v) is 2.17. The van der Waals surface area contributed by atoms with Gasteiger partial charge in [0, 0.05) is 23.8 Å². The van der Waals surface area contributed by atoms with Crippen molar-refractivity contribution in [3.8, 4) is 11.4 Å². The molecule has 0 amide bonds. The zero-order valence-electron chi connectivity index (χ0n) is 11.5. The number of aromatic nitrogens is 2. The molecule has 2 aromatic carbocycles. The van der Waals surface area contributed by atoms with Crippen molar-refractivity contribution in [3.63, 3.8) is 0 Å². The zero-order valence-corrected chi connectivity index (χ0v) is 12.3. The fourth-order valence-electron chi connectivity index (χ4n) is 1.99. The van der Waals surface area contributed by atoms with Crippen LogP contribution in [0, 0.1) is 17.5 Å². The van der Waals surface area contributed by atoms with Crippen LogP contribution in [0.5, 0.6) is 0 Å². The van der Waals surface area contributed by atoms with E-state index in [0.717, 1.165) is 0 Å². The van der Waals surface area contributed by atoms with Gasteiger partial charge in [0.1, 0.15) is 22.5 Å². The van der Waals surface area contributed by atoms with E-state index in [9.17, 15) is 13.2 Å². The molecule has 0 aliphatic carbocycles. The van der Waals surface area contributed by atoms with Gasteiger partial charge in [0.25, 0.3) is 0 Å². The van der Waals surface area contributed by atoms with E-state index in [4.69, 9.17) is 11.6 Å².